The highest BCUT2D eigenvalue weighted by atomic mass is 19.1. The number of hydrogen-bond donors (Lipinski definition) is 1. The smallest absolute Gasteiger partial charge is 0.254 e. The molecule has 1 atom stereocenters. The lowest BCUT2D eigenvalue weighted by atomic mass is 10.0. The van der Waals surface area contributed by atoms with Crippen molar-refractivity contribution in [3.05, 3.63) is 53.8 Å². The predicted octanol–water partition coefficient (Wildman–Crippen LogP) is 3.26. The third-order valence-electron chi connectivity index (χ3n) is 4.42. The fourth-order valence-corrected chi connectivity index (χ4v) is 2.75. The first-order valence-electron chi connectivity index (χ1n) is 8.85. The van der Waals surface area contributed by atoms with Crippen LogP contribution in [0.2, 0.25) is 0 Å². The molecule has 6 nitrogen and oxygen atoms in total. The number of carbonyl (C=O) groups is 2. The number of benzene rings is 2. The van der Waals surface area contributed by atoms with Crippen molar-refractivity contribution in [2.24, 2.45) is 5.92 Å². The third-order valence-corrected chi connectivity index (χ3v) is 4.42. The minimum absolute atomic E-state index is 0.102. The monoisotopic (exact) mass is 388 g/mol. The summed E-state index contributed by atoms with van der Waals surface area (Å²) in [5.74, 6) is -0.775. The van der Waals surface area contributed by atoms with Gasteiger partial charge in [-0.2, -0.15) is 0 Å². The van der Waals surface area contributed by atoms with Crippen LogP contribution in [0.4, 0.5) is 10.1 Å². The molecule has 0 aliphatic carbocycles. The van der Waals surface area contributed by atoms with Gasteiger partial charge in [-0.3, -0.25) is 9.59 Å². The summed E-state index contributed by atoms with van der Waals surface area (Å²) >= 11 is 0. The molecular formula is C21H25FN2O4. The van der Waals surface area contributed by atoms with Gasteiger partial charge in [-0.15, -0.1) is 0 Å². The minimum atomic E-state index is -0.829. The van der Waals surface area contributed by atoms with Gasteiger partial charge in [-0.1, -0.05) is 26.0 Å². The molecule has 0 saturated heterocycles. The average Bonchev–Trinajstić information content (AvgIpc) is 2.70. The molecular weight excluding hydrogens is 363 g/mol. The Morgan fingerprint density at radius 2 is 1.68 bits per heavy atom. The number of hydrogen-bond acceptors (Lipinski definition) is 4. The van der Waals surface area contributed by atoms with E-state index in [9.17, 15) is 14.0 Å². The topological polar surface area (TPSA) is 67.9 Å². The lowest BCUT2D eigenvalue weighted by Crippen LogP contribution is -2.50. The van der Waals surface area contributed by atoms with E-state index in [1.54, 1.807) is 31.3 Å². The molecule has 7 heteroatoms. The van der Waals surface area contributed by atoms with Gasteiger partial charge in [0, 0.05) is 18.8 Å². The minimum Gasteiger partial charge on any atom is -0.493 e. The number of rotatable bonds is 7. The summed E-state index contributed by atoms with van der Waals surface area (Å²) in [6.07, 6.45) is 0. The number of nitrogens with one attached hydrogen (secondary N) is 1. The third kappa shape index (κ3) is 4.60. The zero-order chi connectivity index (χ0) is 20.8. The normalized spacial score (nSPS) is 11.7. The van der Waals surface area contributed by atoms with E-state index in [0.717, 1.165) is 0 Å². The summed E-state index contributed by atoms with van der Waals surface area (Å²) in [5, 5.41) is 2.65. The molecule has 0 aliphatic rings. The molecule has 2 amide bonds. The van der Waals surface area contributed by atoms with Gasteiger partial charge in [0.1, 0.15) is 11.9 Å². The van der Waals surface area contributed by atoms with Crippen molar-refractivity contribution in [3.63, 3.8) is 0 Å². The second kappa shape index (κ2) is 9.21. The van der Waals surface area contributed by atoms with E-state index in [0.29, 0.717) is 17.2 Å². The molecule has 0 radical (unpaired) electrons. The number of methoxy groups -OCH3 is 2. The maximum absolute atomic E-state index is 13.9. The van der Waals surface area contributed by atoms with Crippen molar-refractivity contribution in [2.75, 3.05) is 26.2 Å². The van der Waals surface area contributed by atoms with E-state index in [-0.39, 0.29) is 17.4 Å². The van der Waals surface area contributed by atoms with Crippen LogP contribution in [0.3, 0.4) is 0 Å². The largest absolute Gasteiger partial charge is 0.493 e. The van der Waals surface area contributed by atoms with Crippen molar-refractivity contribution in [2.45, 2.75) is 19.9 Å². The van der Waals surface area contributed by atoms with Crippen LogP contribution >= 0.6 is 0 Å². The zero-order valence-corrected chi connectivity index (χ0v) is 16.7. The molecule has 2 aromatic rings. The van der Waals surface area contributed by atoms with Crippen LogP contribution in [-0.4, -0.2) is 39.1 Å². The summed E-state index contributed by atoms with van der Waals surface area (Å²) in [6, 6.07) is 9.91. The number of ether oxygens (including phenoxy) is 2. The Kier molecular flexibility index (Phi) is 6.98. The summed E-state index contributed by atoms with van der Waals surface area (Å²) in [5.41, 5.74) is 0.475. The van der Waals surface area contributed by atoms with E-state index < -0.39 is 17.8 Å². The quantitative estimate of drug-likeness (QED) is 0.791. The molecule has 28 heavy (non-hydrogen) atoms. The average molecular weight is 388 g/mol. The molecule has 1 N–H and O–H groups in total. The van der Waals surface area contributed by atoms with Gasteiger partial charge >= 0.3 is 0 Å². The molecule has 0 saturated carbocycles. The second-order valence-corrected chi connectivity index (χ2v) is 6.61. The molecule has 150 valence electrons. The maximum atomic E-state index is 13.9. The molecule has 0 aromatic heterocycles. The number of halogens is 1. The number of likely N-dealkylation sites (N-methyl/N-ethyl adjacent to an activating group) is 1. The maximum Gasteiger partial charge on any atom is 0.254 e. The number of carbonyl (C=O) groups excluding carboxylic acids is 2. The molecule has 2 rings (SSSR count). The van der Waals surface area contributed by atoms with Crippen LogP contribution < -0.4 is 19.7 Å². The van der Waals surface area contributed by atoms with Gasteiger partial charge in [0.15, 0.2) is 11.5 Å². The Balaban J connectivity index is 2.25. The number of nitrogens with zero attached hydrogens (tertiary/aromatic N) is 1. The van der Waals surface area contributed by atoms with Crippen LogP contribution in [0, 0.1) is 11.7 Å². The highest BCUT2D eigenvalue weighted by Crippen LogP contribution is 2.31. The standard InChI is InChI=1S/C21H25FN2O4/c1-13(2)19(23-20(25)15-8-6-7-9-16(15)22)21(26)24(3)14-10-11-17(27-4)18(12-14)28-5/h6-13,19H,1-5H3,(H,23,25). The molecule has 0 spiro atoms. The molecule has 1 unspecified atom stereocenters. The van der Waals surface area contributed by atoms with E-state index in [1.165, 1.54) is 37.3 Å². The van der Waals surface area contributed by atoms with Crippen molar-refractivity contribution >= 4 is 17.5 Å². The van der Waals surface area contributed by atoms with E-state index in [2.05, 4.69) is 5.32 Å². The first-order valence-corrected chi connectivity index (χ1v) is 8.85. The van der Waals surface area contributed by atoms with Crippen molar-refractivity contribution < 1.29 is 23.5 Å². The van der Waals surface area contributed by atoms with Gasteiger partial charge in [0.25, 0.3) is 5.91 Å². The highest BCUT2D eigenvalue weighted by molar-refractivity contribution is 6.02. The Morgan fingerprint density at radius 1 is 1.04 bits per heavy atom. The van der Waals surface area contributed by atoms with Gasteiger partial charge in [0.05, 0.1) is 19.8 Å². The molecule has 0 heterocycles. The SMILES string of the molecule is COc1ccc(N(C)C(=O)C(NC(=O)c2ccccc2F)C(C)C)cc1OC. The van der Waals surface area contributed by atoms with Crippen LogP contribution in [0.15, 0.2) is 42.5 Å². The fraction of sp³-hybridized carbons (Fsp3) is 0.333. The Hall–Kier alpha value is -3.09. The van der Waals surface area contributed by atoms with Crippen molar-refractivity contribution in [1.82, 2.24) is 5.32 Å². The summed E-state index contributed by atoms with van der Waals surface area (Å²) in [6.45, 7) is 3.62. The second-order valence-electron chi connectivity index (χ2n) is 6.61. The summed E-state index contributed by atoms with van der Waals surface area (Å²) < 4.78 is 24.4. The van der Waals surface area contributed by atoms with Gasteiger partial charge in [-0.25, -0.2) is 4.39 Å². The van der Waals surface area contributed by atoms with Gasteiger partial charge in [0.2, 0.25) is 5.91 Å². The van der Waals surface area contributed by atoms with E-state index in [1.807, 2.05) is 13.8 Å². The summed E-state index contributed by atoms with van der Waals surface area (Å²) in [7, 11) is 4.64. The lowest BCUT2D eigenvalue weighted by Gasteiger charge is -2.27. The highest BCUT2D eigenvalue weighted by Gasteiger charge is 2.29. The van der Waals surface area contributed by atoms with E-state index >= 15 is 0 Å². The Morgan fingerprint density at radius 3 is 2.25 bits per heavy atom. The van der Waals surface area contributed by atoms with Crippen LogP contribution in [0.25, 0.3) is 0 Å². The number of anilines is 1. The molecule has 0 bridgehead atoms. The van der Waals surface area contributed by atoms with Crippen molar-refractivity contribution in [3.8, 4) is 11.5 Å². The predicted molar refractivity (Wildman–Crippen MR) is 105 cm³/mol. The lowest BCUT2D eigenvalue weighted by molar-refractivity contribution is -0.121. The zero-order valence-electron chi connectivity index (χ0n) is 16.7. The van der Waals surface area contributed by atoms with Crippen LogP contribution in [-0.2, 0) is 4.79 Å². The van der Waals surface area contributed by atoms with Crippen molar-refractivity contribution in [1.29, 1.82) is 0 Å². The molecule has 0 fully saturated rings. The summed E-state index contributed by atoms with van der Waals surface area (Å²) in [4.78, 5) is 26.9. The van der Waals surface area contributed by atoms with Gasteiger partial charge in [-0.05, 0) is 30.2 Å². The first-order chi connectivity index (χ1) is 13.3. The Labute approximate surface area is 164 Å². The molecule has 2 aromatic carbocycles. The number of amides is 2. The molecule has 0 aliphatic heterocycles. The fourth-order valence-electron chi connectivity index (χ4n) is 2.75. The van der Waals surface area contributed by atoms with Gasteiger partial charge < -0.3 is 19.7 Å². The Bertz CT molecular complexity index is 854. The first kappa shape index (κ1) is 21.2. The van der Waals surface area contributed by atoms with Crippen LogP contribution in [0.1, 0.15) is 24.2 Å². The van der Waals surface area contributed by atoms with E-state index in [4.69, 9.17) is 9.47 Å². The van der Waals surface area contributed by atoms with Crippen LogP contribution in [0.5, 0.6) is 11.5 Å².